The predicted molar refractivity (Wildman–Crippen MR) is 108 cm³/mol. The van der Waals surface area contributed by atoms with Crippen LogP contribution < -0.4 is 4.90 Å². The molecule has 1 aliphatic heterocycles. The lowest BCUT2D eigenvalue weighted by atomic mass is 10.1. The Morgan fingerprint density at radius 3 is 2.52 bits per heavy atom. The fourth-order valence-electron chi connectivity index (χ4n) is 3.77. The highest BCUT2D eigenvalue weighted by molar-refractivity contribution is 5.95. The van der Waals surface area contributed by atoms with Gasteiger partial charge in [-0.1, -0.05) is 30.3 Å². The highest BCUT2D eigenvalue weighted by atomic mass is 16.2. The SMILES string of the molecule is Cc1ccccc1N1CCN(C(=O)c2ccc(-c3ccn[nH]3)cc2)C(C)C1. The Balaban J connectivity index is 1.46. The van der Waals surface area contributed by atoms with E-state index in [1.165, 1.54) is 11.3 Å². The fraction of sp³-hybridized carbons (Fsp3) is 0.273. The molecular weight excluding hydrogens is 336 g/mol. The molecule has 0 radical (unpaired) electrons. The first-order chi connectivity index (χ1) is 13.1. The van der Waals surface area contributed by atoms with Crippen LogP contribution in [0.5, 0.6) is 0 Å². The third kappa shape index (κ3) is 3.45. The second kappa shape index (κ2) is 7.27. The van der Waals surface area contributed by atoms with E-state index < -0.39 is 0 Å². The average molecular weight is 360 g/mol. The van der Waals surface area contributed by atoms with Crippen molar-refractivity contribution in [1.29, 1.82) is 0 Å². The number of nitrogens with zero attached hydrogens (tertiary/aromatic N) is 3. The third-order valence-electron chi connectivity index (χ3n) is 5.29. The largest absolute Gasteiger partial charge is 0.367 e. The van der Waals surface area contributed by atoms with Crippen LogP contribution in [-0.2, 0) is 0 Å². The van der Waals surface area contributed by atoms with Gasteiger partial charge in [0, 0.05) is 43.1 Å². The zero-order valence-corrected chi connectivity index (χ0v) is 15.7. The molecule has 0 bridgehead atoms. The van der Waals surface area contributed by atoms with Crippen molar-refractivity contribution in [2.24, 2.45) is 0 Å². The topological polar surface area (TPSA) is 52.2 Å². The van der Waals surface area contributed by atoms with Gasteiger partial charge in [0.25, 0.3) is 5.91 Å². The number of piperazine rings is 1. The molecule has 0 aliphatic carbocycles. The van der Waals surface area contributed by atoms with E-state index in [0.717, 1.165) is 36.5 Å². The molecule has 1 amide bonds. The number of hydrogen-bond acceptors (Lipinski definition) is 3. The van der Waals surface area contributed by atoms with E-state index in [2.05, 4.69) is 53.2 Å². The zero-order chi connectivity index (χ0) is 18.8. The Hall–Kier alpha value is -3.08. The number of anilines is 1. The quantitative estimate of drug-likeness (QED) is 0.774. The van der Waals surface area contributed by atoms with E-state index in [1.54, 1.807) is 6.20 Å². The number of H-pyrrole nitrogens is 1. The minimum atomic E-state index is 0.100. The molecule has 27 heavy (non-hydrogen) atoms. The minimum absolute atomic E-state index is 0.100. The number of benzene rings is 2. The summed E-state index contributed by atoms with van der Waals surface area (Å²) in [4.78, 5) is 17.4. The Labute approximate surface area is 159 Å². The van der Waals surface area contributed by atoms with E-state index in [-0.39, 0.29) is 11.9 Å². The van der Waals surface area contributed by atoms with E-state index in [1.807, 2.05) is 35.2 Å². The number of carbonyl (C=O) groups excluding carboxylic acids is 1. The number of rotatable bonds is 3. The summed E-state index contributed by atoms with van der Waals surface area (Å²) < 4.78 is 0. The second-order valence-electron chi connectivity index (χ2n) is 7.13. The summed E-state index contributed by atoms with van der Waals surface area (Å²) in [6.45, 7) is 6.70. The normalized spacial score (nSPS) is 17.2. The molecule has 2 heterocycles. The maximum Gasteiger partial charge on any atom is 0.254 e. The number of nitrogens with one attached hydrogen (secondary N) is 1. The van der Waals surface area contributed by atoms with Crippen LogP contribution in [0.4, 0.5) is 5.69 Å². The van der Waals surface area contributed by atoms with Gasteiger partial charge in [-0.2, -0.15) is 5.10 Å². The monoisotopic (exact) mass is 360 g/mol. The molecule has 0 spiro atoms. The van der Waals surface area contributed by atoms with Crippen LogP contribution in [0.1, 0.15) is 22.8 Å². The molecule has 0 saturated carbocycles. The number of aromatic nitrogens is 2. The molecule has 2 aromatic carbocycles. The van der Waals surface area contributed by atoms with Crippen molar-refractivity contribution in [2.75, 3.05) is 24.5 Å². The Bertz CT molecular complexity index is 918. The Morgan fingerprint density at radius 2 is 1.85 bits per heavy atom. The van der Waals surface area contributed by atoms with E-state index >= 15 is 0 Å². The van der Waals surface area contributed by atoms with Crippen molar-refractivity contribution < 1.29 is 4.79 Å². The zero-order valence-electron chi connectivity index (χ0n) is 15.7. The molecule has 1 aromatic heterocycles. The van der Waals surface area contributed by atoms with Gasteiger partial charge >= 0.3 is 0 Å². The number of hydrogen-bond donors (Lipinski definition) is 1. The van der Waals surface area contributed by atoms with Gasteiger partial charge < -0.3 is 9.80 Å². The molecule has 1 fully saturated rings. The molecule has 1 atom stereocenters. The van der Waals surface area contributed by atoms with Crippen molar-refractivity contribution >= 4 is 11.6 Å². The minimum Gasteiger partial charge on any atom is -0.367 e. The number of aromatic amines is 1. The lowest BCUT2D eigenvalue weighted by molar-refractivity contribution is 0.0674. The second-order valence-corrected chi connectivity index (χ2v) is 7.13. The van der Waals surface area contributed by atoms with Gasteiger partial charge in [0.15, 0.2) is 0 Å². The van der Waals surface area contributed by atoms with Gasteiger partial charge in [-0.25, -0.2) is 0 Å². The molecule has 1 unspecified atom stereocenters. The van der Waals surface area contributed by atoms with E-state index in [9.17, 15) is 4.79 Å². The molecule has 4 rings (SSSR count). The fourth-order valence-corrected chi connectivity index (χ4v) is 3.77. The van der Waals surface area contributed by atoms with Gasteiger partial charge in [0.2, 0.25) is 0 Å². The molecule has 5 heteroatoms. The summed E-state index contributed by atoms with van der Waals surface area (Å²) in [5, 5.41) is 6.92. The first-order valence-corrected chi connectivity index (χ1v) is 9.35. The summed E-state index contributed by atoms with van der Waals surface area (Å²) in [5.41, 5.74) is 5.25. The van der Waals surface area contributed by atoms with E-state index in [0.29, 0.717) is 0 Å². The molecule has 1 aliphatic rings. The summed E-state index contributed by atoms with van der Waals surface area (Å²) in [5.74, 6) is 0.100. The van der Waals surface area contributed by atoms with Crippen LogP contribution in [0.15, 0.2) is 60.8 Å². The number of aryl methyl sites for hydroxylation is 1. The number of amides is 1. The van der Waals surface area contributed by atoms with Gasteiger partial charge in [-0.05, 0) is 49.2 Å². The lowest BCUT2D eigenvalue weighted by Crippen LogP contribution is -2.54. The summed E-state index contributed by atoms with van der Waals surface area (Å²) in [6.07, 6.45) is 1.73. The number of para-hydroxylation sites is 1. The molecule has 3 aromatic rings. The van der Waals surface area contributed by atoms with Gasteiger partial charge in [-0.15, -0.1) is 0 Å². The van der Waals surface area contributed by atoms with Crippen LogP contribution in [0, 0.1) is 6.92 Å². The number of carbonyl (C=O) groups is 1. The summed E-state index contributed by atoms with van der Waals surface area (Å²) >= 11 is 0. The Morgan fingerprint density at radius 1 is 1.07 bits per heavy atom. The van der Waals surface area contributed by atoms with Crippen molar-refractivity contribution in [3.05, 3.63) is 71.9 Å². The summed E-state index contributed by atoms with van der Waals surface area (Å²) in [6, 6.07) is 18.3. The van der Waals surface area contributed by atoms with Gasteiger partial charge in [-0.3, -0.25) is 9.89 Å². The molecule has 138 valence electrons. The van der Waals surface area contributed by atoms with Gasteiger partial charge in [0.05, 0.1) is 5.69 Å². The average Bonchev–Trinajstić information content (AvgIpc) is 3.23. The highest BCUT2D eigenvalue weighted by Crippen LogP contribution is 2.24. The van der Waals surface area contributed by atoms with Crippen molar-refractivity contribution in [3.8, 4) is 11.3 Å². The Kier molecular flexibility index (Phi) is 4.67. The van der Waals surface area contributed by atoms with Crippen LogP contribution in [-0.4, -0.2) is 46.7 Å². The van der Waals surface area contributed by atoms with Crippen LogP contribution in [0.2, 0.25) is 0 Å². The maximum absolute atomic E-state index is 13.0. The molecule has 1 N–H and O–H groups in total. The van der Waals surface area contributed by atoms with Crippen LogP contribution in [0.3, 0.4) is 0 Å². The van der Waals surface area contributed by atoms with E-state index in [4.69, 9.17) is 0 Å². The molecule has 1 saturated heterocycles. The first kappa shape index (κ1) is 17.3. The van der Waals surface area contributed by atoms with Crippen molar-refractivity contribution in [2.45, 2.75) is 19.9 Å². The molecule has 5 nitrogen and oxygen atoms in total. The standard InChI is InChI=1S/C22H24N4O/c1-16-5-3-4-6-21(16)25-13-14-26(17(2)15-25)22(27)19-9-7-18(8-10-19)20-11-12-23-24-20/h3-12,17H,13-15H2,1-2H3,(H,23,24). The lowest BCUT2D eigenvalue weighted by Gasteiger charge is -2.41. The van der Waals surface area contributed by atoms with Crippen molar-refractivity contribution in [3.63, 3.8) is 0 Å². The predicted octanol–water partition coefficient (Wildman–Crippen LogP) is 3.74. The van der Waals surface area contributed by atoms with Crippen LogP contribution in [0.25, 0.3) is 11.3 Å². The maximum atomic E-state index is 13.0. The summed E-state index contributed by atoms with van der Waals surface area (Å²) in [7, 11) is 0. The van der Waals surface area contributed by atoms with Crippen LogP contribution >= 0.6 is 0 Å². The van der Waals surface area contributed by atoms with Crippen molar-refractivity contribution in [1.82, 2.24) is 15.1 Å². The smallest absolute Gasteiger partial charge is 0.254 e. The third-order valence-corrected chi connectivity index (χ3v) is 5.29. The molecular formula is C22H24N4O. The van der Waals surface area contributed by atoms with Gasteiger partial charge in [0.1, 0.15) is 0 Å². The highest BCUT2D eigenvalue weighted by Gasteiger charge is 2.28. The first-order valence-electron chi connectivity index (χ1n) is 9.35.